The van der Waals surface area contributed by atoms with E-state index in [0.717, 1.165) is 32.1 Å². The second-order valence-electron chi connectivity index (χ2n) is 5.20. The molecule has 0 bridgehead atoms. The summed E-state index contributed by atoms with van der Waals surface area (Å²) < 4.78 is 13.4. The monoisotopic (exact) mass is 265 g/mol. The van der Waals surface area contributed by atoms with Crippen LogP contribution in [0.5, 0.6) is 0 Å². The van der Waals surface area contributed by atoms with E-state index in [0.29, 0.717) is 5.92 Å². The number of halogens is 1. The second-order valence-corrected chi connectivity index (χ2v) is 5.20. The lowest BCUT2D eigenvalue weighted by atomic mass is 9.80. The average Bonchev–Trinajstić information content (AvgIpc) is 2.42. The topological polar surface area (TPSA) is 49.3 Å². The van der Waals surface area contributed by atoms with Gasteiger partial charge in [0.25, 0.3) is 0 Å². The number of hydrogen-bond acceptors (Lipinski definition) is 2. The summed E-state index contributed by atoms with van der Waals surface area (Å²) in [5, 5.41) is 11.6. The van der Waals surface area contributed by atoms with Crippen molar-refractivity contribution >= 4 is 11.6 Å². The van der Waals surface area contributed by atoms with Crippen molar-refractivity contribution in [3.05, 3.63) is 30.1 Å². The van der Waals surface area contributed by atoms with Crippen LogP contribution in [0.4, 0.5) is 10.1 Å². The molecule has 2 N–H and O–H groups in total. The summed E-state index contributed by atoms with van der Waals surface area (Å²) in [7, 11) is 0. The fraction of sp³-hybridized carbons (Fsp3) is 0.533. The van der Waals surface area contributed by atoms with Crippen molar-refractivity contribution < 1.29 is 14.3 Å². The van der Waals surface area contributed by atoms with Gasteiger partial charge in [-0.3, -0.25) is 4.79 Å². The molecule has 0 saturated heterocycles. The average molecular weight is 265 g/mol. The molecule has 0 aliphatic heterocycles. The summed E-state index contributed by atoms with van der Waals surface area (Å²) >= 11 is 0. The van der Waals surface area contributed by atoms with Crippen LogP contribution < -0.4 is 5.32 Å². The summed E-state index contributed by atoms with van der Waals surface area (Å²) in [4.78, 5) is 12.1. The highest BCUT2D eigenvalue weighted by atomic mass is 19.1. The van der Waals surface area contributed by atoms with Gasteiger partial charge in [-0.25, -0.2) is 4.39 Å². The van der Waals surface area contributed by atoms with Gasteiger partial charge in [0.15, 0.2) is 0 Å². The minimum atomic E-state index is -0.398. The molecule has 19 heavy (non-hydrogen) atoms. The number of carbonyl (C=O) groups is 1. The number of carbonyl (C=O) groups excluding carboxylic acids is 1. The van der Waals surface area contributed by atoms with Crippen molar-refractivity contribution in [3.8, 4) is 0 Å². The highest BCUT2D eigenvalue weighted by Gasteiger charge is 2.26. The molecule has 1 amide bonds. The van der Waals surface area contributed by atoms with E-state index in [-0.39, 0.29) is 24.1 Å². The number of aliphatic hydroxyl groups is 1. The number of aliphatic hydroxyl groups excluding tert-OH is 1. The first-order valence-corrected chi connectivity index (χ1v) is 6.87. The lowest BCUT2D eigenvalue weighted by Gasteiger charge is -2.27. The maximum Gasteiger partial charge on any atom is 0.227 e. The van der Waals surface area contributed by atoms with E-state index in [1.165, 1.54) is 6.07 Å². The Hall–Kier alpha value is -1.42. The molecule has 0 atom stereocenters. The van der Waals surface area contributed by atoms with E-state index in [9.17, 15) is 9.18 Å². The lowest BCUT2D eigenvalue weighted by molar-refractivity contribution is -0.121. The first-order chi connectivity index (χ1) is 9.20. The van der Waals surface area contributed by atoms with Gasteiger partial charge in [-0.1, -0.05) is 12.1 Å². The molecule has 104 valence electrons. The van der Waals surface area contributed by atoms with Crippen LogP contribution in [-0.2, 0) is 4.79 Å². The zero-order chi connectivity index (χ0) is 13.7. The number of benzene rings is 1. The zero-order valence-corrected chi connectivity index (χ0v) is 10.9. The molecule has 1 saturated carbocycles. The Morgan fingerprint density at radius 1 is 1.26 bits per heavy atom. The molecule has 0 aromatic heterocycles. The van der Waals surface area contributed by atoms with Crippen molar-refractivity contribution in [1.29, 1.82) is 0 Å². The van der Waals surface area contributed by atoms with Crippen molar-refractivity contribution in [1.82, 2.24) is 0 Å². The van der Waals surface area contributed by atoms with E-state index in [4.69, 9.17) is 5.11 Å². The summed E-state index contributed by atoms with van der Waals surface area (Å²) in [6.45, 7) is 0.219. The summed E-state index contributed by atoms with van der Waals surface area (Å²) in [5.41, 5.74) is 0.255. The van der Waals surface area contributed by atoms with Crippen molar-refractivity contribution in [3.63, 3.8) is 0 Å². The standard InChI is InChI=1S/C15H20FNO2/c16-13-3-1-2-4-14(13)17-15(19)12-7-5-11(6-8-12)9-10-18/h1-4,11-12,18H,5-10H2,(H,17,19). The van der Waals surface area contributed by atoms with Gasteiger partial charge in [-0.05, 0) is 50.2 Å². The van der Waals surface area contributed by atoms with Gasteiger partial charge in [0, 0.05) is 12.5 Å². The summed E-state index contributed by atoms with van der Waals surface area (Å²) in [5.74, 6) is 0.00873. The van der Waals surface area contributed by atoms with Crippen LogP contribution in [0.25, 0.3) is 0 Å². The van der Waals surface area contributed by atoms with E-state index >= 15 is 0 Å². The van der Waals surface area contributed by atoms with E-state index in [2.05, 4.69) is 5.32 Å². The van der Waals surface area contributed by atoms with Gasteiger partial charge in [0.05, 0.1) is 5.69 Å². The van der Waals surface area contributed by atoms with Gasteiger partial charge in [-0.2, -0.15) is 0 Å². The molecule has 0 heterocycles. The van der Waals surface area contributed by atoms with Gasteiger partial charge >= 0.3 is 0 Å². The van der Waals surface area contributed by atoms with Crippen LogP contribution in [0, 0.1) is 17.7 Å². The minimum absolute atomic E-state index is 0.0328. The number of para-hydroxylation sites is 1. The molecule has 0 radical (unpaired) electrons. The summed E-state index contributed by atoms with van der Waals surface area (Å²) in [6.07, 6.45) is 4.41. The molecule has 1 aliphatic rings. The largest absolute Gasteiger partial charge is 0.396 e. The van der Waals surface area contributed by atoms with Crippen LogP contribution in [0.1, 0.15) is 32.1 Å². The quantitative estimate of drug-likeness (QED) is 0.879. The minimum Gasteiger partial charge on any atom is -0.396 e. The molecule has 0 unspecified atom stereocenters. The maximum atomic E-state index is 13.4. The number of nitrogens with one attached hydrogen (secondary N) is 1. The van der Waals surface area contributed by atoms with Gasteiger partial charge < -0.3 is 10.4 Å². The molecular formula is C15H20FNO2. The molecule has 1 aromatic rings. The predicted octanol–water partition coefficient (Wildman–Crippen LogP) is 2.95. The summed E-state index contributed by atoms with van der Waals surface area (Å²) in [6, 6.07) is 6.22. The third-order valence-corrected chi connectivity index (χ3v) is 3.89. The SMILES string of the molecule is O=C(Nc1ccccc1F)C1CCC(CCO)CC1. The Morgan fingerprint density at radius 2 is 1.95 bits per heavy atom. The fourth-order valence-corrected chi connectivity index (χ4v) is 2.69. The third-order valence-electron chi connectivity index (χ3n) is 3.89. The van der Waals surface area contributed by atoms with Crippen LogP contribution in [0.2, 0.25) is 0 Å². The molecule has 3 nitrogen and oxygen atoms in total. The molecule has 4 heteroatoms. The maximum absolute atomic E-state index is 13.4. The van der Waals surface area contributed by atoms with E-state index in [1.807, 2.05) is 0 Å². The van der Waals surface area contributed by atoms with E-state index in [1.54, 1.807) is 18.2 Å². The molecule has 0 spiro atoms. The Labute approximate surface area is 112 Å². The van der Waals surface area contributed by atoms with Gasteiger partial charge in [0.1, 0.15) is 5.82 Å². The Morgan fingerprint density at radius 3 is 2.58 bits per heavy atom. The van der Waals surface area contributed by atoms with Gasteiger partial charge in [0.2, 0.25) is 5.91 Å². The zero-order valence-electron chi connectivity index (χ0n) is 10.9. The number of amides is 1. The Bertz CT molecular complexity index is 428. The fourth-order valence-electron chi connectivity index (χ4n) is 2.69. The van der Waals surface area contributed by atoms with Crippen molar-refractivity contribution in [2.24, 2.45) is 11.8 Å². The number of hydrogen-bond donors (Lipinski definition) is 2. The first kappa shape index (κ1) is 14.0. The smallest absolute Gasteiger partial charge is 0.227 e. The first-order valence-electron chi connectivity index (χ1n) is 6.87. The Balaban J connectivity index is 1.87. The molecule has 1 fully saturated rings. The van der Waals surface area contributed by atoms with Gasteiger partial charge in [-0.15, -0.1) is 0 Å². The van der Waals surface area contributed by atoms with Crippen LogP contribution in [0.15, 0.2) is 24.3 Å². The predicted molar refractivity (Wildman–Crippen MR) is 72.2 cm³/mol. The van der Waals surface area contributed by atoms with Crippen LogP contribution >= 0.6 is 0 Å². The van der Waals surface area contributed by atoms with E-state index < -0.39 is 5.82 Å². The normalized spacial score (nSPS) is 23.1. The molecular weight excluding hydrogens is 245 g/mol. The van der Waals surface area contributed by atoms with Crippen molar-refractivity contribution in [2.45, 2.75) is 32.1 Å². The highest BCUT2D eigenvalue weighted by Crippen LogP contribution is 2.31. The third kappa shape index (κ3) is 3.77. The molecule has 2 rings (SSSR count). The Kier molecular flexibility index (Phi) is 4.91. The highest BCUT2D eigenvalue weighted by molar-refractivity contribution is 5.92. The number of rotatable bonds is 4. The van der Waals surface area contributed by atoms with Crippen LogP contribution in [-0.4, -0.2) is 17.6 Å². The molecule has 1 aliphatic carbocycles. The number of anilines is 1. The molecule has 1 aromatic carbocycles. The van der Waals surface area contributed by atoms with Crippen LogP contribution in [0.3, 0.4) is 0 Å². The lowest BCUT2D eigenvalue weighted by Crippen LogP contribution is -2.27. The van der Waals surface area contributed by atoms with Crippen molar-refractivity contribution in [2.75, 3.05) is 11.9 Å². The second kappa shape index (κ2) is 6.66.